The van der Waals surface area contributed by atoms with Crippen LogP contribution < -0.4 is 5.73 Å². The summed E-state index contributed by atoms with van der Waals surface area (Å²) in [6, 6.07) is 5.02. The average Bonchev–Trinajstić information content (AvgIpc) is 2.34. The van der Waals surface area contributed by atoms with Crippen LogP contribution in [0.25, 0.3) is 0 Å². The van der Waals surface area contributed by atoms with Crippen LogP contribution in [0.15, 0.2) is 22.7 Å². The number of amides is 1. The first kappa shape index (κ1) is 15.5. The van der Waals surface area contributed by atoms with Gasteiger partial charge in [0.1, 0.15) is 0 Å². The molecule has 5 nitrogen and oxygen atoms in total. The standard InChI is InChI=1S/C13H17BrN2O3/c1-3-19-12(17)4-5-16(2)13(18)9-6-10(14)8-11(15)7-9/h6-8H,3-5,15H2,1-2H3. The van der Waals surface area contributed by atoms with Gasteiger partial charge in [0.25, 0.3) is 5.91 Å². The Morgan fingerprint density at radius 2 is 2.05 bits per heavy atom. The lowest BCUT2D eigenvalue weighted by atomic mass is 10.2. The molecule has 0 atom stereocenters. The number of esters is 1. The fraction of sp³-hybridized carbons (Fsp3) is 0.385. The lowest BCUT2D eigenvalue weighted by Gasteiger charge is -2.17. The average molecular weight is 329 g/mol. The third kappa shape index (κ3) is 4.90. The lowest BCUT2D eigenvalue weighted by molar-refractivity contribution is -0.143. The molecule has 1 aromatic carbocycles. The number of halogens is 1. The van der Waals surface area contributed by atoms with Crippen LogP contribution in [-0.4, -0.2) is 37.0 Å². The summed E-state index contributed by atoms with van der Waals surface area (Å²) in [7, 11) is 1.64. The summed E-state index contributed by atoms with van der Waals surface area (Å²) < 4.78 is 5.56. The third-order valence-corrected chi connectivity index (χ3v) is 2.93. The molecule has 0 fully saturated rings. The molecule has 0 aliphatic carbocycles. The molecular weight excluding hydrogens is 312 g/mol. The van der Waals surface area contributed by atoms with Crippen molar-refractivity contribution in [3.8, 4) is 0 Å². The predicted molar refractivity (Wildman–Crippen MR) is 76.8 cm³/mol. The molecule has 104 valence electrons. The number of benzene rings is 1. The van der Waals surface area contributed by atoms with Crippen LogP contribution in [0.1, 0.15) is 23.7 Å². The SMILES string of the molecule is CCOC(=O)CCN(C)C(=O)c1cc(N)cc(Br)c1. The van der Waals surface area contributed by atoms with Crippen LogP contribution in [0, 0.1) is 0 Å². The second-order valence-corrected chi connectivity index (χ2v) is 4.97. The summed E-state index contributed by atoms with van der Waals surface area (Å²) in [5.74, 6) is -0.492. The van der Waals surface area contributed by atoms with Crippen LogP contribution in [-0.2, 0) is 9.53 Å². The van der Waals surface area contributed by atoms with Crippen molar-refractivity contribution in [1.29, 1.82) is 0 Å². The zero-order valence-corrected chi connectivity index (χ0v) is 12.6. The first-order chi connectivity index (χ1) is 8.93. The molecule has 1 amide bonds. The van der Waals surface area contributed by atoms with Crippen molar-refractivity contribution >= 4 is 33.5 Å². The smallest absolute Gasteiger partial charge is 0.307 e. The Kier molecular flexibility index (Phi) is 5.82. The number of hydrogen-bond donors (Lipinski definition) is 1. The maximum absolute atomic E-state index is 12.1. The van der Waals surface area contributed by atoms with E-state index in [-0.39, 0.29) is 18.3 Å². The van der Waals surface area contributed by atoms with Gasteiger partial charge in [0.15, 0.2) is 0 Å². The van der Waals surface area contributed by atoms with Crippen LogP contribution >= 0.6 is 15.9 Å². The van der Waals surface area contributed by atoms with Crippen molar-refractivity contribution in [3.63, 3.8) is 0 Å². The third-order valence-electron chi connectivity index (χ3n) is 2.47. The van der Waals surface area contributed by atoms with E-state index in [0.29, 0.717) is 24.4 Å². The van der Waals surface area contributed by atoms with Crippen molar-refractivity contribution in [2.75, 3.05) is 25.9 Å². The largest absolute Gasteiger partial charge is 0.466 e. The Morgan fingerprint density at radius 3 is 2.63 bits per heavy atom. The van der Waals surface area contributed by atoms with Gasteiger partial charge >= 0.3 is 5.97 Å². The number of rotatable bonds is 5. The molecular formula is C13H17BrN2O3. The molecule has 0 bridgehead atoms. The molecule has 0 spiro atoms. The van der Waals surface area contributed by atoms with E-state index in [4.69, 9.17) is 10.5 Å². The van der Waals surface area contributed by atoms with Gasteiger partial charge in [-0.3, -0.25) is 9.59 Å². The van der Waals surface area contributed by atoms with Crippen molar-refractivity contribution in [2.45, 2.75) is 13.3 Å². The zero-order valence-electron chi connectivity index (χ0n) is 11.0. The van der Waals surface area contributed by atoms with Gasteiger partial charge in [0.2, 0.25) is 0 Å². The molecule has 0 aliphatic rings. The quantitative estimate of drug-likeness (QED) is 0.663. The van der Waals surface area contributed by atoms with Crippen molar-refractivity contribution in [3.05, 3.63) is 28.2 Å². The number of hydrogen-bond acceptors (Lipinski definition) is 4. The molecule has 0 heterocycles. The van der Waals surface area contributed by atoms with Crippen LogP contribution in [0.5, 0.6) is 0 Å². The Balaban J connectivity index is 2.63. The molecule has 0 unspecified atom stereocenters. The molecule has 0 aromatic heterocycles. The summed E-state index contributed by atoms with van der Waals surface area (Å²) in [5.41, 5.74) is 6.68. The number of nitrogens with two attached hydrogens (primary N) is 1. The maximum atomic E-state index is 12.1. The van der Waals surface area contributed by atoms with Gasteiger partial charge < -0.3 is 15.4 Å². The van der Waals surface area contributed by atoms with Crippen molar-refractivity contribution in [1.82, 2.24) is 4.90 Å². The minimum Gasteiger partial charge on any atom is -0.466 e. The summed E-state index contributed by atoms with van der Waals surface area (Å²) in [6.45, 7) is 2.40. The number of carbonyl (C=O) groups excluding carboxylic acids is 2. The highest BCUT2D eigenvalue weighted by Gasteiger charge is 2.14. The van der Waals surface area contributed by atoms with Crippen molar-refractivity contribution < 1.29 is 14.3 Å². The highest BCUT2D eigenvalue weighted by Crippen LogP contribution is 2.18. The number of nitrogen functional groups attached to an aromatic ring is 1. The number of ether oxygens (including phenoxy) is 1. The normalized spacial score (nSPS) is 10.1. The molecule has 19 heavy (non-hydrogen) atoms. The van der Waals surface area contributed by atoms with E-state index in [1.165, 1.54) is 4.90 Å². The van der Waals surface area contributed by atoms with E-state index >= 15 is 0 Å². The molecule has 0 aliphatic heterocycles. The zero-order chi connectivity index (χ0) is 14.4. The van der Waals surface area contributed by atoms with E-state index in [2.05, 4.69) is 15.9 Å². The van der Waals surface area contributed by atoms with Gasteiger partial charge in [-0.05, 0) is 25.1 Å². The molecule has 1 rings (SSSR count). The second-order valence-electron chi connectivity index (χ2n) is 4.05. The van der Waals surface area contributed by atoms with E-state index in [1.54, 1.807) is 32.2 Å². The molecule has 0 saturated heterocycles. The Hall–Kier alpha value is -1.56. The molecule has 2 N–H and O–H groups in total. The first-order valence-corrected chi connectivity index (χ1v) is 6.70. The number of carbonyl (C=O) groups is 2. The Morgan fingerprint density at radius 1 is 1.37 bits per heavy atom. The highest BCUT2D eigenvalue weighted by molar-refractivity contribution is 9.10. The van der Waals surface area contributed by atoms with E-state index in [9.17, 15) is 9.59 Å². The van der Waals surface area contributed by atoms with Gasteiger partial charge in [-0.2, -0.15) is 0 Å². The molecule has 0 saturated carbocycles. The topological polar surface area (TPSA) is 72.6 Å². The molecule has 0 radical (unpaired) electrons. The minimum atomic E-state index is -0.309. The summed E-state index contributed by atoms with van der Waals surface area (Å²) in [6.07, 6.45) is 0.180. The van der Waals surface area contributed by atoms with Gasteiger partial charge in [-0.25, -0.2) is 0 Å². The van der Waals surface area contributed by atoms with E-state index in [1.807, 2.05) is 0 Å². The summed E-state index contributed by atoms with van der Waals surface area (Å²) in [5, 5.41) is 0. The van der Waals surface area contributed by atoms with Crippen LogP contribution in [0.3, 0.4) is 0 Å². The van der Waals surface area contributed by atoms with Gasteiger partial charge in [0.05, 0.1) is 13.0 Å². The van der Waals surface area contributed by atoms with E-state index in [0.717, 1.165) is 4.47 Å². The second kappa shape index (κ2) is 7.13. The highest BCUT2D eigenvalue weighted by atomic mass is 79.9. The molecule has 1 aromatic rings. The Labute approximate surface area is 120 Å². The predicted octanol–water partition coefficient (Wildman–Crippen LogP) is 2.06. The maximum Gasteiger partial charge on any atom is 0.307 e. The molecule has 6 heteroatoms. The summed E-state index contributed by atoms with van der Waals surface area (Å²) >= 11 is 3.29. The van der Waals surface area contributed by atoms with E-state index < -0.39 is 0 Å². The first-order valence-electron chi connectivity index (χ1n) is 5.91. The Bertz CT molecular complexity index is 457. The van der Waals surface area contributed by atoms with Gasteiger partial charge in [-0.15, -0.1) is 0 Å². The monoisotopic (exact) mass is 328 g/mol. The van der Waals surface area contributed by atoms with Gasteiger partial charge in [0, 0.05) is 29.3 Å². The fourth-order valence-electron chi connectivity index (χ4n) is 1.55. The number of nitrogens with zero attached hydrogens (tertiary/aromatic N) is 1. The number of anilines is 1. The fourth-order valence-corrected chi connectivity index (χ4v) is 2.06. The van der Waals surface area contributed by atoms with Crippen LogP contribution in [0.2, 0.25) is 0 Å². The summed E-state index contributed by atoms with van der Waals surface area (Å²) in [4.78, 5) is 24.8. The van der Waals surface area contributed by atoms with Crippen molar-refractivity contribution in [2.24, 2.45) is 0 Å². The minimum absolute atomic E-state index is 0.180. The lowest BCUT2D eigenvalue weighted by Crippen LogP contribution is -2.29. The van der Waals surface area contributed by atoms with Crippen LogP contribution in [0.4, 0.5) is 5.69 Å². The van der Waals surface area contributed by atoms with Gasteiger partial charge in [-0.1, -0.05) is 15.9 Å².